The van der Waals surface area contributed by atoms with Gasteiger partial charge in [-0.25, -0.2) is 0 Å². The minimum atomic E-state index is 0. The molecule has 0 saturated carbocycles. The lowest BCUT2D eigenvalue weighted by molar-refractivity contribution is 0.821. The Morgan fingerprint density at radius 2 is 2.25 bits per heavy atom. The maximum absolute atomic E-state index is 4.94. The van der Waals surface area contributed by atoms with Gasteiger partial charge in [0.15, 0.2) is 0 Å². The molecule has 1 nitrogen and oxygen atoms in total. The highest BCUT2D eigenvalue weighted by atomic mass is 79.9. The molecule has 0 saturated heterocycles. The number of terminal acetylenes is 1. The third-order valence-corrected chi connectivity index (χ3v) is 0.895. The minimum absolute atomic E-state index is 0. The second-order valence-corrected chi connectivity index (χ2v) is 1.86. The van der Waals surface area contributed by atoms with Crippen LogP contribution in [0, 0.1) is 12.3 Å². The largest absolute Gasteiger partial charge is 0.305 e. The standard InChI is InChI=1S/C5H8BrN.ClH/c1-2-4-7-5-3-6;/h1,7H,3-5H2;1H. The zero-order valence-electron chi connectivity index (χ0n) is 4.48. The Morgan fingerprint density at radius 3 is 2.62 bits per heavy atom. The second kappa shape index (κ2) is 10.3. The van der Waals surface area contributed by atoms with Crippen LogP contribution < -0.4 is 5.32 Å². The van der Waals surface area contributed by atoms with Crippen molar-refractivity contribution in [1.29, 1.82) is 0 Å². The van der Waals surface area contributed by atoms with Crippen LogP contribution in [0.4, 0.5) is 0 Å². The molecule has 0 rings (SSSR count). The van der Waals surface area contributed by atoms with E-state index in [4.69, 9.17) is 6.42 Å². The van der Waals surface area contributed by atoms with Gasteiger partial charge >= 0.3 is 0 Å². The van der Waals surface area contributed by atoms with Crippen LogP contribution in [-0.2, 0) is 0 Å². The van der Waals surface area contributed by atoms with Crippen LogP contribution in [0.3, 0.4) is 0 Å². The zero-order valence-corrected chi connectivity index (χ0v) is 6.89. The summed E-state index contributed by atoms with van der Waals surface area (Å²) in [5.74, 6) is 2.47. The highest BCUT2D eigenvalue weighted by Crippen LogP contribution is 1.72. The molecular formula is C5H9BrClN. The molecule has 0 spiro atoms. The Hall–Kier alpha value is 0.290. The van der Waals surface area contributed by atoms with Crippen LogP contribution in [0.5, 0.6) is 0 Å². The fourth-order valence-electron chi connectivity index (χ4n) is 0.227. The lowest BCUT2D eigenvalue weighted by Crippen LogP contribution is -2.15. The fourth-order valence-corrected chi connectivity index (χ4v) is 0.508. The van der Waals surface area contributed by atoms with E-state index in [2.05, 4.69) is 27.2 Å². The van der Waals surface area contributed by atoms with Crippen molar-refractivity contribution in [3.8, 4) is 12.3 Å². The third kappa shape index (κ3) is 9.56. The summed E-state index contributed by atoms with van der Waals surface area (Å²) in [5.41, 5.74) is 0. The quantitative estimate of drug-likeness (QED) is 0.406. The van der Waals surface area contributed by atoms with E-state index in [1.807, 2.05) is 0 Å². The Bertz CT molecular complexity index is 69.3. The molecule has 0 aromatic rings. The molecule has 0 aliphatic heterocycles. The molecule has 0 atom stereocenters. The van der Waals surface area contributed by atoms with Crippen molar-refractivity contribution in [3.05, 3.63) is 0 Å². The zero-order chi connectivity index (χ0) is 5.54. The Balaban J connectivity index is 0. The number of hydrogen-bond donors (Lipinski definition) is 1. The lowest BCUT2D eigenvalue weighted by atomic mass is 10.6. The number of rotatable bonds is 3. The van der Waals surface area contributed by atoms with E-state index >= 15 is 0 Å². The normalized spacial score (nSPS) is 7.00. The Morgan fingerprint density at radius 1 is 1.62 bits per heavy atom. The van der Waals surface area contributed by atoms with E-state index in [0.717, 1.165) is 11.9 Å². The fraction of sp³-hybridized carbons (Fsp3) is 0.600. The smallest absolute Gasteiger partial charge is 0.0574 e. The SMILES string of the molecule is C#CCNCCBr.Cl. The lowest BCUT2D eigenvalue weighted by Gasteiger charge is -1.90. The monoisotopic (exact) mass is 197 g/mol. The average molecular weight is 198 g/mol. The number of nitrogens with one attached hydrogen (secondary N) is 1. The summed E-state index contributed by atoms with van der Waals surface area (Å²) in [4.78, 5) is 0. The summed E-state index contributed by atoms with van der Waals surface area (Å²) in [6.07, 6.45) is 4.94. The molecule has 48 valence electrons. The molecule has 0 radical (unpaired) electrons. The molecular weight excluding hydrogens is 189 g/mol. The highest BCUT2D eigenvalue weighted by Gasteiger charge is 1.75. The summed E-state index contributed by atoms with van der Waals surface area (Å²) in [6.45, 7) is 1.62. The van der Waals surface area contributed by atoms with Gasteiger partial charge in [-0.1, -0.05) is 21.9 Å². The van der Waals surface area contributed by atoms with Gasteiger partial charge < -0.3 is 5.32 Å². The first kappa shape index (κ1) is 11.1. The van der Waals surface area contributed by atoms with Gasteiger partial charge in [0.1, 0.15) is 0 Å². The van der Waals surface area contributed by atoms with Crippen molar-refractivity contribution >= 4 is 28.3 Å². The molecule has 0 unspecified atom stereocenters. The van der Waals surface area contributed by atoms with Gasteiger partial charge in [0, 0.05) is 11.9 Å². The molecule has 0 bridgehead atoms. The van der Waals surface area contributed by atoms with Gasteiger partial charge in [-0.05, 0) is 0 Å². The highest BCUT2D eigenvalue weighted by molar-refractivity contribution is 9.09. The Kier molecular flexibility index (Phi) is 14.3. The first-order valence-electron chi connectivity index (χ1n) is 2.12. The van der Waals surface area contributed by atoms with Crippen molar-refractivity contribution in [3.63, 3.8) is 0 Å². The van der Waals surface area contributed by atoms with E-state index in [0.29, 0.717) is 6.54 Å². The molecule has 3 heteroatoms. The van der Waals surface area contributed by atoms with Crippen molar-refractivity contribution in [2.75, 3.05) is 18.4 Å². The van der Waals surface area contributed by atoms with Crippen LogP contribution in [0.25, 0.3) is 0 Å². The van der Waals surface area contributed by atoms with E-state index < -0.39 is 0 Å². The predicted molar refractivity (Wildman–Crippen MR) is 42.7 cm³/mol. The molecule has 0 fully saturated rings. The summed E-state index contributed by atoms with van der Waals surface area (Å²) in [6, 6.07) is 0. The Labute approximate surface area is 64.8 Å². The molecule has 0 aromatic heterocycles. The molecule has 0 aliphatic rings. The molecule has 1 N–H and O–H groups in total. The topological polar surface area (TPSA) is 12.0 Å². The number of alkyl halides is 1. The van der Waals surface area contributed by atoms with Crippen LogP contribution in [0.15, 0.2) is 0 Å². The maximum Gasteiger partial charge on any atom is 0.0574 e. The van der Waals surface area contributed by atoms with Crippen LogP contribution in [0.1, 0.15) is 0 Å². The van der Waals surface area contributed by atoms with Crippen LogP contribution >= 0.6 is 28.3 Å². The number of halogens is 2. The van der Waals surface area contributed by atoms with E-state index in [-0.39, 0.29) is 12.4 Å². The van der Waals surface area contributed by atoms with Crippen molar-refractivity contribution < 1.29 is 0 Å². The van der Waals surface area contributed by atoms with Gasteiger partial charge in [-0.15, -0.1) is 18.8 Å². The van der Waals surface area contributed by atoms with Crippen molar-refractivity contribution in [2.24, 2.45) is 0 Å². The second-order valence-electron chi connectivity index (χ2n) is 1.07. The maximum atomic E-state index is 4.94. The predicted octanol–water partition coefficient (Wildman–Crippen LogP) is 1.03. The van der Waals surface area contributed by atoms with Crippen molar-refractivity contribution in [2.45, 2.75) is 0 Å². The molecule has 0 heterocycles. The summed E-state index contributed by atoms with van der Waals surface area (Å²) < 4.78 is 0. The first-order valence-corrected chi connectivity index (χ1v) is 3.24. The van der Waals surface area contributed by atoms with Crippen molar-refractivity contribution in [1.82, 2.24) is 5.32 Å². The summed E-state index contributed by atoms with van der Waals surface area (Å²) in [7, 11) is 0. The summed E-state index contributed by atoms with van der Waals surface area (Å²) >= 11 is 3.25. The molecule has 0 amide bonds. The van der Waals surface area contributed by atoms with Crippen LogP contribution in [0.2, 0.25) is 0 Å². The first-order chi connectivity index (χ1) is 3.41. The van der Waals surface area contributed by atoms with Gasteiger partial charge in [0.2, 0.25) is 0 Å². The van der Waals surface area contributed by atoms with E-state index in [9.17, 15) is 0 Å². The third-order valence-electron chi connectivity index (χ3n) is 0.498. The van der Waals surface area contributed by atoms with E-state index in [1.165, 1.54) is 0 Å². The molecule has 0 aromatic carbocycles. The van der Waals surface area contributed by atoms with Crippen LogP contribution in [-0.4, -0.2) is 18.4 Å². The van der Waals surface area contributed by atoms with Gasteiger partial charge in [-0.2, -0.15) is 0 Å². The number of hydrogen-bond acceptors (Lipinski definition) is 1. The minimum Gasteiger partial charge on any atom is -0.305 e. The van der Waals surface area contributed by atoms with Gasteiger partial charge in [0.05, 0.1) is 6.54 Å². The van der Waals surface area contributed by atoms with E-state index in [1.54, 1.807) is 0 Å². The average Bonchev–Trinajstić information content (AvgIpc) is 1.69. The summed E-state index contributed by atoms with van der Waals surface area (Å²) in [5, 5.41) is 3.97. The molecule has 8 heavy (non-hydrogen) atoms. The molecule has 0 aliphatic carbocycles. The van der Waals surface area contributed by atoms with Gasteiger partial charge in [-0.3, -0.25) is 0 Å². The van der Waals surface area contributed by atoms with Gasteiger partial charge in [0.25, 0.3) is 0 Å².